The third kappa shape index (κ3) is 1.25. The number of benzene rings is 1. The minimum absolute atomic E-state index is 0.0891. The van der Waals surface area contributed by atoms with Gasteiger partial charge in [-0.05, 0) is 18.6 Å². The first-order valence-corrected chi connectivity index (χ1v) is 4.84. The first-order valence-electron chi connectivity index (χ1n) is 4.84. The molecule has 0 bridgehead atoms. The van der Waals surface area contributed by atoms with Gasteiger partial charge in [0, 0.05) is 20.1 Å². The minimum atomic E-state index is 0.0891. The minimum Gasteiger partial charge on any atom is -0.323 e. The summed E-state index contributed by atoms with van der Waals surface area (Å²) in [7, 11) is 1.83. The summed E-state index contributed by atoms with van der Waals surface area (Å²) in [6.07, 6.45) is 0. The number of fused-ring (bicyclic) bond motifs is 1. The van der Waals surface area contributed by atoms with E-state index in [9.17, 15) is 4.79 Å². The van der Waals surface area contributed by atoms with Crippen LogP contribution in [0.25, 0.3) is 0 Å². The third-order valence-corrected chi connectivity index (χ3v) is 2.56. The molecule has 0 radical (unpaired) electrons. The molecule has 0 aromatic heterocycles. The smallest absolute Gasteiger partial charge is 0.323 e. The Kier molecular flexibility index (Phi) is 2.15. The van der Waals surface area contributed by atoms with E-state index in [1.54, 1.807) is 9.80 Å². The molecule has 1 heterocycles. The number of anilines is 1. The number of carbonyl (C=O) groups excluding carboxylic acids is 1. The third-order valence-electron chi connectivity index (χ3n) is 2.56. The van der Waals surface area contributed by atoms with Crippen molar-refractivity contribution in [1.82, 2.24) is 4.90 Å². The number of carbonyl (C=O) groups is 1. The maximum atomic E-state index is 11.8. The molecule has 14 heavy (non-hydrogen) atoms. The molecule has 0 saturated heterocycles. The van der Waals surface area contributed by atoms with Gasteiger partial charge in [0.15, 0.2) is 0 Å². The lowest BCUT2D eigenvalue weighted by Crippen LogP contribution is -2.44. The Bertz CT molecular complexity index is 362. The fraction of sp³-hybridized carbons (Fsp3) is 0.364. The van der Waals surface area contributed by atoms with Gasteiger partial charge in [0.25, 0.3) is 0 Å². The second kappa shape index (κ2) is 3.33. The zero-order valence-corrected chi connectivity index (χ0v) is 8.53. The monoisotopic (exact) mass is 190 g/mol. The molecule has 1 aromatic rings. The van der Waals surface area contributed by atoms with Crippen LogP contribution in [0.15, 0.2) is 24.3 Å². The molecular weight excluding hydrogens is 176 g/mol. The van der Waals surface area contributed by atoms with Crippen molar-refractivity contribution in [2.45, 2.75) is 13.5 Å². The molecule has 2 amide bonds. The molecule has 0 atom stereocenters. The van der Waals surface area contributed by atoms with Gasteiger partial charge in [-0.2, -0.15) is 0 Å². The summed E-state index contributed by atoms with van der Waals surface area (Å²) in [5, 5.41) is 0. The first kappa shape index (κ1) is 9.06. The van der Waals surface area contributed by atoms with Crippen LogP contribution in [0, 0.1) is 0 Å². The highest BCUT2D eigenvalue weighted by atomic mass is 16.2. The molecular formula is C11H14N2O. The van der Waals surface area contributed by atoms with Crippen LogP contribution >= 0.6 is 0 Å². The van der Waals surface area contributed by atoms with Crippen LogP contribution in [0.1, 0.15) is 12.5 Å². The normalized spacial score (nSPS) is 15.7. The molecule has 1 aliphatic heterocycles. The van der Waals surface area contributed by atoms with E-state index in [0.29, 0.717) is 6.54 Å². The Hall–Kier alpha value is -1.51. The maximum absolute atomic E-state index is 11.8. The van der Waals surface area contributed by atoms with Crippen molar-refractivity contribution >= 4 is 11.7 Å². The van der Waals surface area contributed by atoms with Crippen LogP contribution in [0.5, 0.6) is 0 Å². The van der Waals surface area contributed by atoms with E-state index in [1.807, 2.05) is 32.2 Å². The van der Waals surface area contributed by atoms with Crippen molar-refractivity contribution in [1.29, 1.82) is 0 Å². The second-order valence-corrected chi connectivity index (χ2v) is 3.51. The molecule has 1 aliphatic rings. The van der Waals surface area contributed by atoms with Gasteiger partial charge < -0.3 is 4.90 Å². The SMILES string of the molecule is CCN1C(=O)N(C)Cc2ccccc21. The average molecular weight is 190 g/mol. The lowest BCUT2D eigenvalue weighted by Gasteiger charge is -2.34. The summed E-state index contributed by atoms with van der Waals surface area (Å²) in [5.41, 5.74) is 2.27. The molecule has 74 valence electrons. The highest BCUT2D eigenvalue weighted by Crippen LogP contribution is 2.26. The number of para-hydroxylation sites is 1. The maximum Gasteiger partial charge on any atom is 0.324 e. The highest BCUT2D eigenvalue weighted by Gasteiger charge is 2.25. The lowest BCUT2D eigenvalue weighted by atomic mass is 10.1. The van der Waals surface area contributed by atoms with Crippen molar-refractivity contribution in [2.75, 3.05) is 18.5 Å². The molecule has 2 rings (SSSR count). The molecule has 3 heteroatoms. The van der Waals surface area contributed by atoms with E-state index in [4.69, 9.17) is 0 Å². The van der Waals surface area contributed by atoms with Crippen molar-refractivity contribution in [3.8, 4) is 0 Å². The summed E-state index contributed by atoms with van der Waals surface area (Å²) in [6.45, 7) is 3.43. The zero-order chi connectivity index (χ0) is 10.1. The molecule has 0 aliphatic carbocycles. The summed E-state index contributed by atoms with van der Waals surface area (Å²) in [6, 6.07) is 8.15. The highest BCUT2D eigenvalue weighted by molar-refractivity contribution is 5.94. The number of urea groups is 1. The van der Waals surface area contributed by atoms with Crippen LogP contribution < -0.4 is 4.90 Å². The Labute approximate surface area is 83.9 Å². The van der Waals surface area contributed by atoms with Crippen LogP contribution in [0.2, 0.25) is 0 Å². The number of rotatable bonds is 1. The van der Waals surface area contributed by atoms with E-state index in [0.717, 1.165) is 12.2 Å². The summed E-state index contributed by atoms with van der Waals surface area (Å²) < 4.78 is 0. The van der Waals surface area contributed by atoms with Gasteiger partial charge in [-0.3, -0.25) is 4.90 Å². The molecule has 0 saturated carbocycles. The van der Waals surface area contributed by atoms with Crippen LogP contribution in [0.4, 0.5) is 10.5 Å². The lowest BCUT2D eigenvalue weighted by molar-refractivity contribution is 0.211. The predicted molar refractivity (Wildman–Crippen MR) is 56.3 cm³/mol. The van der Waals surface area contributed by atoms with E-state index in [2.05, 4.69) is 6.07 Å². The van der Waals surface area contributed by atoms with Crippen molar-refractivity contribution < 1.29 is 4.79 Å². The fourth-order valence-corrected chi connectivity index (χ4v) is 1.85. The summed E-state index contributed by atoms with van der Waals surface area (Å²) in [4.78, 5) is 15.3. The number of amides is 2. The molecule has 0 N–H and O–H groups in total. The average Bonchev–Trinajstić information content (AvgIpc) is 2.20. The fourth-order valence-electron chi connectivity index (χ4n) is 1.85. The van der Waals surface area contributed by atoms with E-state index in [1.165, 1.54) is 5.56 Å². The van der Waals surface area contributed by atoms with E-state index >= 15 is 0 Å². The Morgan fingerprint density at radius 1 is 1.36 bits per heavy atom. The summed E-state index contributed by atoms with van der Waals surface area (Å²) >= 11 is 0. The second-order valence-electron chi connectivity index (χ2n) is 3.51. The van der Waals surface area contributed by atoms with Gasteiger partial charge in [0.05, 0.1) is 5.69 Å². The van der Waals surface area contributed by atoms with Gasteiger partial charge in [0.2, 0.25) is 0 Å². The van der Waals surface area contributed by atoms with Crippen LogP contribution in [0.3, 0.4) is 0 Å². The van der Waals surface area contributed by atoms with E-state index < -0.39 is 0 Å². The Morgan fingerprint density at radius 3 is 2.79 bits per heavy atom. The van der Waals surface area contributed by atoms with Crippen LogP contribution in [-0.4, -0.2) is 24.5 Å². The van der Waals surface area contributed by atoms with Gasteiger partial charge in [-0.1, -0.05) is 18.2 Å². The largest absolute Gasteiger partial charge is 0.324 e. The first-order chi connectivity index (χ1) is 6.74. The molecule has 0 fully saturated rings. The van der Waals surface area contributed by atoms with Gasteiger partial charge in [0.1, 0.15) is 0 Å². The summed E-state index contributed by atoms with van der Waals surface area (Å²) in [5.74, 6) is 0. The van der Waals surface area contributed by atoms with Crippen LogP contribution in [-0.2, 0) is 6.54 Å². The number of hydrogen-bond acceptors (Lipinski definition) is 1. The van der Waals surface area contributed by atoms with Gasteiger partial charge in [-0.25, -0.2) is 4.79 Å². The van der Waals surface area contributed by atoms with Gasteiger partial charge >= 0.3 is 6.03 Å². The number of hydrogen-bond donors (Lipinski definition) is 0. The van der Waals surface area contributed by atoms with Crippen molar-refractivity contribution in [3.05, 3.63) is 29.8 Å². The Balaban J connectivity index is 2.47. The Morgan fingerprint density at radius 2 is 2.07 bits per heavy atom. The standard InChI is InChI=1S/C11H14N2O/c1-3-13-10-7-5-4-6-9(10)8-12(2)11(13)14/h4-7H,3,8H2,1-2H3. The van der Waals surface area contributed by atoms with E-state index in [-0.39, 0.29) is 6.03 Å². The quantitative estimate of drug-likeness (QED) is 0.665. The van der Waals surface area contributed by atoms with Gasteiger partial charge in [-0.15, -0.1) is 0 Å². The van der Waals surface area contributed by atoms with Crippen molar-refractivity contribution in [2.24, 2.45) is 0 Å². The molecule has 1 aromatic carbocycles. The van der Waals surface area contributed by atoms with Crippen molar-refractivity contribution in [3.63, 3.8) is 0 Å². The number of nitrogens with zero attached hydrogens (tertiary/aromatic N) is 2. The molecule has 3 nitrogen and oxygen atoms in total. The molecule has 0 unspecified atom stereocenters. The topological polar surface area (TPSA) is 23.6 Å². The predicted octanol–water partition coefficient (Wildman–Crippen LogP) is 2.08. The molecule has 0 spiro atoms. The zero-order valence-electron chi connectivity index (χ0n) is 8.53.